The molecule has 120 valence electrons. The van der Waals surface area contributed by atoms with Crippen LogP contribution in [-0.2, 0) is 6.54 Å². The average molecular weight is 378 g/mol. The largest absolute Gasteiger partial charge is 0.496 e. The minimum Gasteiger partial charge on any atom is -0.496 e. The van der Waals surface area contributed by atoms with Crippen molar-refractivity contribution in [1.29, 1.82) is 0 Å². The van der Waals surface area contributed by atoms with Gasteiger partial charge < -0.3 is 10.1 Å². The van der Waals surface area contributed by atoms with E-state index < -0.39 is 0 Å². The summed E-state index contributed by atoms with van der Waals surface area (Å²) in [5.74, 6) is 1.60. The summed E-state index contributed by atoms with van der Waals surface area (Å²) in [5, 5.41) is 6.07. The van der Waals surface area contributed by atoms with Crippen LogP contribution in [0.4, 0.5) is 5.95 Å². The predicted molar refractivity (Wildman–Crippen MR) is 91.1 cm³/mol. The number of aromatic nitrogens is 4. The van der Waals surface area contributed by atoms with Gasteiger partial charge in [0.25, 0.3) is 11.3 Å². The second kappa shape index (κ2) is 6.04. The molecule has 0 bridgehead atoms. The number of hydrogen-bond acceptors (Lipinski definition) is 5. The van der Waals surface area contributed by atoms with Crippen molar-refractivity contribution >= 4 is 27.7 Å². The number of nitrogens with one attached hydrogen (secondary N) is 2. The molecule has 3 aromatic rings. The monoisotopic (exact) mass is 377 g/mol. The Kier molecular flexibility index (Phi) is 4.08. The minimum atomic E-state index is -0.145. The number of nitrogens with zero attached hydrogens (tertiary/aromatic N) is 3. The molecule has 0 unspecified atom stereocenters. The highest BCUT2D eigenvalue weighted by molar-refractivity contribution is 9.10. The van der Waals surface area contributed by atoms with Gasteiger partial charge in [0.15, 0.2) is 0 Å². The highest BCUT2D eigenvalue weighted by atomic mass is 79.9. The Hall–Kier alpha value is -2.35. The molecule has 7 nitrogen and oxygen atoms in total. The fraction of sp³-hybridized carbons (Fsp3) is 0.267. The topological polar surface area (TPSA) is 84.3 Å². The Balaban J connectivity index is 1.90. The lowest BCUT2D eigenvalue weighted by molar-refractivity contribution is 0.410. The summed E-state index contributed by atoms with van der Waals surface area (Å²) in [6.07, 6.45) is 0. The van der Waals surface area contributed by atoms with Crippen molar-refractivity contribution in [3.63, 3.8) is 0 Å². The molecule has 0 aliphatic rings. The molecule has 1 aromatic carbocycles. The van der Waals surface area contributed by atoms with E-state index in [1.54, 1.807) is 21.0 Å². The van der Waals surface area contributed by atoms with E-state index in [2.05, 4.69) is 36.3 Å². The molecule has 8 heteroatoms. The number of benzene rings is 1. The maximum absolute atomic E-state index is 12.2. The number of aromatic amines is 1. The molecule has 0 aliphatic heterocycles. The van der Waals surface area contributed by atoms with Gasteiger partial charge in [-0.1, -0.05) is 15.9 Å². The number of halogens is 1. The van der Waals surface area contributed by atoms with Crippen LogP contribution in [0, 0.1) is 13.8 Å². The third-order valence-corrected chi connectivity index (χ3v) is 4.15. The molecule has 0 aliphatic carbocycles. The van der Waals surface area contributed by atoms with Crippen LogP contribution in [0.2, 0.25) is 0 Å². The highest BCUT2D eigenvalue weighted by Crippen LogP contribution is 2.23. The van der Waals surface area contributed by atoms with Gasteiger partial charge in [0.05, 0.1) is 7.11 Å². The van der Waals surface area contributed by atoms with E-state index in [-0.39, 0.29) is 5.56 Å². The van der Waals surface area contributed by atoms with Crippen molar-refractivity contribution in [2.45, 2.75) is 20.4 Å². The number of rotatable bonds is 4. The number of H-pyrrole nitrogens is 1. The van der Waals surface area contributed by atoms with Gasteiger partial charge in [0, 0.05) is 27.8 Å². The Morgan fingerprint density at radius 1 is 1.35 bits per heavy atom. The summed E-state index contributed by atoms with van der Waals surface area (Å²) < 4.78 is 7.64. The Morgan fingerprint density at radius 2 is 2.13 bits per heavy atom. The van der Waals surface area contributed by atoms with E-state index in [1.807, 2.05) is 18.2 Å². The number of methoxy groups -OCH3 is 1. The zero-order valence-corrected chi connectivity index (χ0v) is 14.6. The molecule has 3 rings (SSSR count). The molecule has 0 fully saturated rings. The maximum atomic E-state index is 12.2. The van der Waals surface area contributed by atoms with E-state index in [4.69, 9.17) is 4.74 Å². The molecule has 0 saturated carbocycles. The standard InChI is InChI=1S/C15H16BrN5O2/c1-8-9(2)18-15-19-14(20-21(15)13(8)22)17-7-10-6-11(16)4-5-12(10)23-3/h4-6H,7H2,1-3H3,(H2,17,18,19,20). The molecule has 0 saturated heterocycles. The lowest BCUT2D eigenvalue weighted by Gasteiger charge is -2.09. The Bertz CT molecular complexity index is 931. The van der Waals surface area contributed by atoms with Gasteiger partial charge in [0.1, 0.15) is 5.75 Å². The first-order chi connectivity index (χ1) is 11.0. The second-order valence-electron chi connectivity index (χ2n) is 5.14. The first-order valence-corrected chi connectivity index (χ1v) is 7.81. The first kappa shape index (κ1) is 15.5. The number of aryl methyl sites for hydroxylation is 1. The fourth-order valence-corrected chi connectivity index (χ4v) is 2.66. The smallest absolute Gasteiger partial charge is 0.277 e. The maximum Gasteiger partial charge on any atom is 0.277 e. The zero-order valence-electron chi connectivity index (χ0n) is 13.0. The van der Waals surface area contributed by atoms with Crippen molar-refractivity contribution in [2.24, 2.45) is 0 Å². The molecule has 0 atom stereocenters. The number of fused-ring (bicyclic) bond motifs is 1. The summed E-state index contributed by atoms with van der Waals surface area (Å²) in [5.41, 5.74) is 2.11. The normalized spacial score (nSPS) is 11.0. The molecular formula is C15H16BrN5O2. The van der Waals surface area contributed by atoms with Crippen molar-refractivity contribution in [1.82, 2.24) is 19.6 Å². The van der Waals surface area contributed by atoms with Crippen LogP contribution < -0.4 is 15.6 Å². The van der Waals surface area contributed by atoms with Gasteiger partial charge in [-0.3, -0.25) is 9.89 Å². The summed E-state index contributed by atoms with van der Waals surface area (Å²) in [7, 11) is 1.63. The molecule has 0 radical (unpaired) electrons. The van der Waals surface area contributed by atoms with Crippen LogP contribution in [0.3, 0.4) is 0 Å². The van der Waals surface area contributed by atoms with E-state index in [1.165, 1.54) is 4.52 Å². The molecule has 2 aromatic heterocycles. The van der Waals surface area contributed by atoms with Gasteiger partial charge in [0.2, 0.25) is 5.95 Å². The molecular weight excluding hydrogens is 362 g/mol. The molecule has 23 heavy (non-hydrogen) atoms. The number of hydrogen-bond donors (Lipinski definition) is 2. The summed E-state index contributed by atoms with van der Waals surface area (Å²) in [4.78, 5) is 20.8. The van der Waals surface area contributed by atoms with Gasteiger partial charge in [-0.15, -0.1) is 0 Å². The van der Waals surface area contributed by atoms with Gasteiger partial charge in [-0.25, -0.2) is 4.98 Å². The van der Waals surface area contributed by atoms with E-state index in [0.29, 0.717) is 29.5 Å². The summed E-state index contributed by atoms with van der Waals surface area (Å²) in [6, 6.07) is 5.77. The van der Waals surface area contributed by atoms with E-state index in [0.717, 1.165) is 15.8 Å². The lowest BCUT2D eigenvalue weighted by Crippen LogP contribution is -2.19. The highest BCUT2D eigenvalue weighted by Gasteiger charge is 2.10. The third kappa shape index (κ3) is 2.94. The summed E-state index contributed by atoms with van der Waals surface area (Å²) >= 11 is 3.44. The Morgan fingerprint density at radius 3 is 2.87 bits per heavy atom. The van der Waals surface area contributed by atoms with Crippen LogP contribution in [0.25, 0.3) is 5.78 Å². The zero-order chi connectivity index (χ0) is 16.6. The number of anilines is 1. The number of ether oxygens (including phenoxy) is 1. The SMILES string of the molecule is COc1ccc(Br)cc1CNc1nc2nc(C)c(C)c(=O)n2[nH]1. The molecule has 2 N–H and O–H groups in total. The van der Waals surface area contributed by atoms with Crippen molar-refractivity contribution in [3.8, 4) is 5.75 Å². The van der Waals surface area contributed by atoms with Crippen LogP contribution >= 0.6 is 15.9 Å². The average Bonchev–Trinajstić information content (AvgIpc) is 2.94. The summed E-state index contributed by atoms with van der Waals surface area (Å²) in [6.45, 7) is 4.04. The second-order valence-corrected chi connectivity index (χ2v) is 6.06. The van der Waals surface area contributed by atoms with Crippen LogP contribution in [0.5, 0.6) is 5.75 Å². The molecule has 0 spiro atoms. The van der Waals surface area contributed by atoms with Crippen LogP contribution in [0.15, 0.2) is 27.5 Å². The van der Waals surface area contributed by atoms with E-state index in [9.17, 15) is 4.79 Å². The predicted octanol–water partition coefficient (Wildman–Crippen LogP) is 2.42. The van der Waals surface area contributed by atoms with E-state index >= 15 is 0 Å². The van der Waals surface area contributed by atoms with Crippen LogP contribution in [-0.4, -0.2) is 26.7 Å². The lowest BCUT2D eigenvalue weighted by atomic mass is 10.2. The third-order valence-electron chi connectivity index (χ3n) is 3.65. The van der Waals surface area contributed by atoms with Crippen molar-refractivity contribution < 1.29 is 4.74 Å². The quantitative estimate of drug-likeness (QED) is 0.729. The minimum absolute atomic E-state index is 0.145. The van der Waals surface area contributed by atoms with Gasteiger partial charge in [-0.2, -0.15) is 9.50 Å². The van der Waals surface area contributed by atoms with Gasteiger partial charge in [-0.05, 0) is 32.0 Å². The van der Waals surface area contributed by atoms with Crippen molar-refractivity contribution in [3.05, 3.63) is 49.8 Å². The fourth-order valence-electron chi connectivity index (χ4n) is 2.25. The van der Waals surface area contributed by atoms with Crippen LogP contribution in [0.1, 0.15) is 16.8 Å². The molecule has 2 heterocycles. The molecule has 0 amide bonds. The van der Waals surface area contributed by atoms with Gasteiger partial charge >= 0.3 is 0 Å². The first-order valence-electron chi connectivity index (χ1n) is 7.02. The Labute approximate surface area is 140 Å². The van der Waals surface area contributed by atoms with Crippen molar-refractivity contribution in [2.75, 3.05) is 12.4 Å².